The molecule has 3 N–H and O–H groups in total. The van der Waals surface area contributed by atoms with Crippen molar-refractivity contribution in [1.82, 2.24) is 0 Å². The quantitative estimate of drug-likeness (QED) is 0.174. The summed E-state index contributed by atoms with van der Waals surface area (Å²) in [6.45, 7) is 2.30. The maximum Gasteiger partial charge on any atom is 0.466 e. The Morgan fingerprint density at radius 2 is 0.792 bits per heavy atom. The van der Waals surface area contributed by atoms with Crippen molar-refractivity contribution in [1.29, 1.82) is 0 Å². The Morgan fingerprint density at radius 1 is 0.583 bits per heavy atom. The van der Waals surface area contributed by atoms with Gasteiger partial charge >= 0.3 is 119 Å². The van der Waals surface area contributed by atoms with Gasteiger partial charge in [-0.15, -0.1) is 0 Å². The molecule has 0 rings (SSSR count). The van der Waals surface area contributed by atoms with Crippen molar-refractivity contribution in [3.63, 3.8) is 0 Å². The van der Waals surface area contributed by atoms with Crippen LogP contribution >= 0.6 is 7.82 Å². The zero-order valence-corrected chi connectivity index (χ0v) is 19.8. The average Bonchev–Trinajstić information content (AvgIpc) is 2.49. The van der Waals surface area contributed by atoms with E-state index in [1.807, 2.05) is 0 Å². The second kappa shape index (κ2) is 22.5. The van der Waals surface area contributed by atoms with E-state index in [1.54, 1.807) is 0 Å². The molecule has 0 aromatic carbocycles. The van der Waals surface area contributed by atoms with Crippen LogP contribution in [0.15, 0.2) is 0 Å². The second-order valence-corrected chi connectivity index (χ2v) is 9.20. The van der Waals surface area contributed by atoms with E-state index in [0.29, 0.717) is 0 Å². The van der Waals surface area contributed by atoms with E-state index >= 15 is 0 Å². The minimum absolute atomic E-state index is 1.38. The minimum Gasteiger partial charge on any atom is -0.303 e. The summed E-state index contributed by atoms with van der Waals surface area (Å²) in [6, 6.07) is 0. The summed E-state index contributed by atoms with van der Waals surface area (Å²) in [5.41, 5.74) is 0. The van der Waals surface area contributed by atoms with Crippen LogP contribution in [-0.4, -0.2) is 14.7 Å². The third-order valence-corrected chi connectivity index (χ3v) is 5.16. The first kappa shape index (κ1) is 27.7. The second-order valence-electron chi connectivity index (χ2n) is 6.57. The van der Waals surface area contributed by atoms with E-state index in [9.17, 15) is 0 Å². The summed E-state index contributed by atoms with van der Waals surface area (Å²) in [6.07, 6.45) is 23.7. The largest absolute Gasteiger partial charge is 0.466 e. The number of unbranched alkanes of at least 4 members (excludes halogenated alkanes) is 15. The SMILES string of the molecule is CCCCCCCCCCCCCCCCC[CH2][Nd].O=P(O)(O)O. The van der Waals surface area contributed by atoms with Crippen LogP contribution in [0, 0.1) is 38.8 Å². The fraction of sp³-hybridized carbons (Fsp3) is 1.00. The Kier molecular flexibility index (Phi) is 25.9. The molecule has 24 heavy (non-hydrogen) atoms. The standard InChI is InChI=1S/C18H37.Nd.H3O4P/c1-3-5-7-9-11-13-15-17-18-16-14-12-10-8-6-4-2;;1-5(2,3)4/h1,3-18H2,2H3;;(H3,1,2,3,4). The van der Waals surface area contributed by atoms with E-state index < -0.39 is 7.82 Å². The maximum atomic E-state index is 8.88. The van der Waals surface area contributed by atoms with Crippen molar-refractivity contribution in [3.05, 3.63) is 0 Å². The fourth-order valence-corrected chi connectivity index (χ4v) is 3.48. The van der Waals surface area contributed by atoms with Gasteiger partial charge in [-0.1, -0.05) is 39.0 Å². The predicted molar refractivity (Wildman–Crippen MR) is 98.6 cm³/mol. The summed E-state index contributed by atoms with van der Waals surface area (Å²) >= 11 is 1.41. The smallest absolute Gasteiger partial charge is 0.303 e. The van der Waals surface area contributed by atoms with E-state index in [4.69, 9.17) is 19.2 Å². The van der Waals surface area contributed by atoms with Gasteiger partial charge in [0, 0.05) is 0 Å². The molecule has 0 saturated carbocycles. The fourth-order valence-electron chi connectivity index (χ4n) is 2.67. The third-order valence-electron chi connectivity index (χ3n) is 4.03. The van der Waals surface area contributed by atoms with Crippen molar-refractivity contribution >= 4 is 7.82 Å². The summed E-state index contributed by atoms with van der Waals surface area (Å²) in [7, 11) is -4.64. The van der Waals surface area contributed by atoms with Crippen LogP contribution in [0.4, 0.5) is 0 Å². The van der Waals surface area contributed by atoms with Gasteiger partial charge in [0.2, 0.25) is 0 Å². The summed E-state index contributed by atoms with van der Waals surface area (Å²) in [5.74, 6) is 0. The molecule has 0 amide bonds. The summed E-state index contributed by atoms with van der Waals surface area (Å²) in [5, 5.41) is 0. The number of hydrogen-bond donors (Lipinski definition) is 3. The molecule has 0 aromatic heterocycles. The average molecular weight is 496 g/mol. The Balaban J connectivity index is 0. The molecule has 0 bridgehead atoms. The van der Waals surface area contributed by atoms with Gasteiger partial charge in [-0.25, -0.2) is 4.57 Å². The molecule has 0 aliphatic carbocycles. The van der Waals surface area contributed by atoms with Crippen LogP contribution in [0.3, 0.4) is 0 Å². The first-order chi connectivity index (χ1) is 11.4. The van der Waals surface area contributed by atoms with Crippen molar-refractivity contribution < 1.29 is 58.0 Å². The normalized spacial score (nSPS) is 11.1. The number of hydrogen-bond acceptors (Lipinski definition) is 1. The molecule has 0 heterocycles. The van der Waals surface area contributed by atoms with Crippen LogP contribution < -0.4 is 0 Å². The first-order valence-electron chi connectivity index (χ1n) is 9.84. The van der Waals surface area contributed by atoms with Crippen LogP contribution in [0.25, 0.3) is 0 Å². The van der Waals surface area contributed by atoms with Gasteiger partial charge in [0.15, 0.2) is 0 Å². The van der Waals surface area contributed by atoms with Gasteiger partial charge in [0.25, 0.3) is 0 Å². The molecule has 4 nitrogen and oxygen atoms in total. The predicted octanol–water partition coefficient (Wildman–Crippen LogP) is 6.29. The Bertz CT molecular complexity index is 247. The first-order valence-corrected chi connectivity index (χ1v) is 13.7. The third kappa shape index (κ3) is 38.8. The van der Waals surface area contributed by atoms with Crippen LogP contribution in [0.5, 0.6) is 0 Å². The molecule has 145 valence electrons. The zero-order chi connectivity index (χ0) is 18.5. The molecule has 0 atom stereocenters. The van der Waals surface area contributed by atoms with Crippen molar-refractivity contribution in [2.24, 2.45) is 0 Å². The van der Waals surface area contributed by atoms with E-state index in [-0.39, 0.29) is 0 Å². The molecule has 0 fully saturated rings. The Hall–Kier alpha value is 1.46. The van der Waals surface area contributed by atoms with Crippen LogP contribution in [0.1, 0.15) is 110 Å². The van der Waals surface area contributed by atoms with Crippen LogP contribution in [0.2, 0.25) is 2.07 Å². The van der Waals surface area contributed by atoms with Gasteiger partial charge in [-0.2, -0.15) is 0 Å². The topological polar surface area (TPSA) is 77.8 Å². The molecule has 0 aliphatic rings. The van der Waals surface area contributed by atoms with Gasteiger partial charge in [-0.05, 0) is 0 Å². The molecule has 0 spiro atoms. The monoisotopic (exact) mass is 493 g/mol. The van der Waals surface area contributed by atoms with Crippen molar-refractivity contribution in [3.8, 4) is 0 Å². The van der Waals surface area contributed by atoms with Crippen LogP contribution in [-0.2, 0) is 4.57 Å². The molecule has 0 radical (unpaired) electrons. The Labute approximate surface area is 176 Å². The van der Waals surface area contributed by atoms with Gasteiger partial charge < -0.3 is 14.7 Å². The van der Waals surface area contributed by atoms with Gasteiger partial charge in [-0.3, -0.25) is 0 Å². The molecule has 0 unspecified atom stereocenters. The van der Waals surface area contributed by atoms with Crippen molar-refractivity contribution in [2.75, 3.05) is 0 Å². The molecular weight excluding hydrogens is 455 g/mol. The van der Waals surface area contributed by atoms with E-state index in [0.717, 1.165) is 0 Å². The molecule has 0 aliphatic heterocycles. The summed E-state index contributed by atoms with van der Waals surface area (Å²) in [4.78, 5) is 21.6. The molecule has 0 aromatic rings. The minimum atomic E-state index is -4.64. The molecule has 0 saturated heterocycles. The molecule has 6 heteroatoms. The Morgan fingerprint density at radius 3 is 1.00 bits per heavy atom. The van der Waals surface area contributed by atoms with Crippen molar-refractivity contribution in [2.45, 2.75) is 112 Å². The van der Waals surface area contributed by atoms with Gasteiger partial charge in [0.05, 0.1) is 0 Å². The summed E-state index contributed by atoms with van der Waals surface area (Å²) < 4.78 is 10.4. The maximum absolute atomic E-state index is 8.88. The molecular formula is C18H40NdO4P. The van der Waals surface area contributed by atoms with E-state index in [1.165, 1.54) is 144 Å². The number of phosphoric acid groups is 1. The zero-order valence-electron chi connectivity index (χ0n) is 15.7. The van der Waals surface area contributed by atoms with Gasteiger partial charge in [0.1, 0.15) is 0 Å². The van der Waals surface area contributed by atoms with E-state index in [2.05, 4.69) is 6.92 Å². The number of rotatable bonds is 16.